The van der Waals surface area contributed by atoms with Gasteiger partial charge in [0.05, 0.1) is 6.54 Å². The molecule has 0 saturated carbocycles. The summed E-state index contributed by atoms with van der Waals surface area (Å²) < 4.78 is 0. The van der Waals surface area contributed by atoms with Crippen LogP contribution in [0.2, 0.25) is 0 Å². The van der Waals surface area contributed by atoms with Gasteiger partial charge < -0.3 is 0 Å². The first-order valence-corrected chi connectivity index (χ1v) is 3.66. The molecule has 0 aliphatic carbocycles. The zero-order valence-corrected chi connectivity index (χ0v) is 6.46. The largest absolute Gasteiger partial charge is 0.243 e. The number of benzene rings is 1. The van der Waals surface area contributed by atoms with Gasteiger partial charge in [-0.05, 0) is 24.4 Å². The Kier molecular flexibility index (Phi) is 3.17. The molecule has 0 atom stereocenters. The highest BCUT2D eigenvalue weighted by molar-refractivity contribution is 5.46. The molecular weight excluding hydrogens is 134 g/mol. The summed E-state index contributed by atoms with van der Waals surface area (Å²) in [5.74, 6) is 2.51. The average molecular weight is 145 g/mol. The van der Waals surface area contributed by atoms with Crippen molar-refractivity contribution < 1.29 is 0 Å². The molecule has 1 heteroatoms. The second-order valence-electron chi connectivity index (χ2n) is 2.28. The van der Waals surface area contributed by atoms with E-state index in [-0.39, 0.29) is 0 Å². The molecule has 0 spiro atoms. The standard InChI is InChI=1S/C10H11N/c1-2-11-9-8-10-6-4-3-5-7-10/h3-7H,1,8-9H2. The third kappa shape index (κ3) is 2.83. The normalized spacial score (nSPS) is 8.73. The van der Waals surface area contributed by atoms with E-state index in [9.17, 15) is 0 Å². The molecule has 0 aliphatic rings. The molecule has 0 N–H and O–H groups in total. The molecule has 0 saturated heterocycles. The first-order valence-electron chi connectivity index (χ1n) is 3.66. The molecule has 56 valence electrons. The molecule has 0 radical (unpaired) electrons. The topological polar surface area (TPSA) is 12.4 Å². The number of hydrogen-bond donors (Lipinski definition) is 0. The number of nitrogens with zero attached hydrogens (tertiary/aromatic N) is 1. The quantitative estimate of drug-likeness (QED) is 0.577. The van der Waals surface area contributed by atoms with Gasteiger partial charge in [-0.2, -0.15) is 0 Å². The van der Waals surface area contributed by atoms with Crippen LogP contribution >= 0.6 is 0 Å². The SMILES string of the molecule is C=C=NCCc1ccccc1. The second kappa shape index (κ2) is 4.48. The van der Waals surface area contributed by atoms with Crippen LogP contribution in [0.4, 0.5) is 0 Å². The first-order chi connectivity index (χ1) is 5.43. The highest BCUT2D eigenvalue weighted by atomic mass is 14.7. The van der Waals surface area contributed by atoms with Gasteiger partial charge in [0.25, 0.3) is 0 Å². The fraction of sp³-hybridized carbons (Fsp3) is 0.200. The highest BCUT2D eigenvalue weighted by Crippen LogP contribution is 1.98. The predicted octanol–water partition coefficient (Wildman–Crippen LogP) is 2.08. The van der Waals surface area contributed by atoms with Gasteiger partial charge in [-0.15, -0.1) is 0 Å². The third-order valence-corrected chi connectivity index (χ3v) is 1.47. The van der Waals surface area contributed by atoms with Crippen molar-refractivity contribution in [1.29, 1.82) is 0 Å². The van der Waals surface area contributed by atoms with Crippen molar-refractivity contribution in [1.82, 2.24) is 0 Å². The Hall–Kier alpha value is -1.33. The lowest BCUT2D eigenvalue weighted by Gasteiger charge is -1.94. The Morgan fingerprint density at radius 3 is 2.64 bits per heavy atom. The third-order valence-electron chi connectivity index (χ3n) is 1.47. The fourth-order valence-electron chi connectivity index (χ4n) is 0.909. The molecular formula is C10H11N. The van der Waals surface area contributed by atoms with Crippen molar-refractivity contribution in [2.24, 2.45) is 4.99 Å². The van der Waals surface area contributed by atoms with Crippen molar-refractivity contribution in [3.8, 4) is 0 Å². The Balaban J connectivity index is 2.45. The highest BCUT2D eigenvalue weighted by Gasteiger charge is 1.87. The van der Waals surface area contributed by atoms with Crippen molar-refractivity contribution in [2.75, 3.05) is 6.54 Å². The van der Waals surface area contributed by atoms with E-state index in [1.807, 2.05) is 18.2 Å². The summed E-state index contributed by atoms with van der Waals surface area (Å²) in [5.41, 5.74) is 1.31. The summed E-state index contributed by atoms with van der Waals surface area (Å²) >= 11 is 0. The van der Waals surface area contributed by atoms with Crippen molar-refractivity contribution in [2.45, 2.75) is 6.42 Å². The van der Waals surface area contributed by atoms with E-state index < -0.39 is 0 Å². The van der Waals surface area contributed by atoms with E-state index in [4.69, 9.17) is 0 Å². The molecule has 0 aromatic heterocycles. The Morgan fingerprint density at radius 1 is 1.27 bits per heavy atom. The second-order valence-corrected chi connectivity index (χ2v) is 2.28. The van der Waals surface area contributed by atoms with E-state index in [1.165, 1.54) is 5.56 Å². The van der Waals surface area contributed by atoms with Gasteiger partial charge in [0.1, 0.15) is 0 Å². The Labute approximate surface area is 67.1 Å². The van der Waals surface area contributed by atoms with Gasteiger partial charge in [-0.25, -0.2) is 4.99 Å². The van der Waals surface area contributed by atoms with E-state index in [2.05, 4.69) is 29.6 Å². The molecule has 0 heterocycles. The Bertz CT molecular complexity index is 245. The average Bonchev–Trinajstić information content (AvgIpc) is 2.07. The van der Waals surface area contributed by atoms with Gasteiger partial charge in [-0.3, -0.25) is 0 Å². The molecule has 0 bridgehead atoms. The van der Waals surface area contributed by atoms with Crippen LogP contribution in [0.1, 0.15) is 5.56 Å². The van der Waals surface area contributed by atoms with E-state index >= 15 is 0 Å². The van der Waals surface area contributed by atoms with Crippen LogP contribution in [0, 0.1) is 0 Å². The molecule has 0 aliphatic heterocycles. The summed E-state index contributed by atoms with van der Waals surface area (Å²) in [7, 11) is 0. The van der Waals surface area contributed by atoms with E-state index in [1.54, 1.807) is 0 Å². The lowest BCUT2D eigenvalue weighted by molar-refractivity contribution is 0.976. The molecule has 0 amide bonds. The van der Waals surface area contributed by atoms with Crippen LogP contribution in [-0.4, -0.2) is 12.4 Å². The number of aliphatic imine (C=N–C) groups is 1. The van der Waals surface area contributed by atoms with Gasteiger partial charge >= 0.3 is 0 Å². The smallest absolute Gasteiger partial charge is 0.0524 e. The first kappa shape index (κ1) is 7.77. The van der Waals surface area contributed by atoms with Crippen LogP contribution in [0.25, 0.3) is 0 Å². The minimum atomic E-state index is 0.785. The zero-order valence-electron chi connectivity index (χ0n) is 6.46. The van der Waals surface area contributed by atoms with Crippen molar-refractivity contribution in [3.63, 3.8) is 0 Å². The Morgan fingerprint density at radius 2 is 2.00 bits per heavy atom. The number of rotatable bonds is 3. The summed E-state index contributed by atoms with van der Waals surface area (Å²) in [6.07, 6.45) is 0.976. The maximum atomic E-state index is 3.91. The molecule has 0 fully saturated rings. The van der Waals surface area contributed by atoms with Crippen LogP contribution in [-0.2, 0) is 6.42 Å². The van der Waals surface area contributed by atoms with E-state index in [0.29, 0.717) is 0 Å². The van der Waals surface area contributed by atoms with Crippen LogP contribution in [0.15, 0.2) is 41.9 Å². The molecule has 11 heavy (non-hydrogen) atoms. The van der Waals surface area contributed by atoms with Gasteiger partial charge in [0.2, 0.25) is 0 Å². The number of hydrogen-bond acceptors (Lipinski definition) is 1. The van der Waals surface area contributed by atoms with Crippen molar-refractivity contribution in [3.05, 3.63) is 42.5 Å². The summed E-state index contributed by atoms with van der Waals surface area (Å²) in [5, 5.41) is 0. The monoisotopic (exact) mass is 145 g/mol. The minimum absolute atomic E-state index is 0.785. The predicted molar refractivity (Wildman–Crippen MR) is 48.1 cm³/mol. The zero-order chi connectivity index (χ0) is 7.94. The lowest BCUT2D eigenvalue weighted by Crippen LogP contribution is -1.87. The van der Waals surface area contributed by atoms with Gasteiger partial charge in [0.15, 0.2) is 0 Å². The molecule has 1 aromatic rings. The van der Waals surface area contributed by atoms with E-state index in [0.717, 1.165) is 13.0 Å². The maximum Gasteiger partial charge on any atom is 0.0524 e. The van der Waals surface area contributed by atoms with Crippen molar-refractivity contribution >= 4 is 5.87 Å². The summed E-state index contributed by atoms with van der Waals surface area (Å²) in [4.78, 5) is 3.91. The summed E-state index contributed by atoms with van der Waals surface area (Å²) in [6, 6.07) is 10.3. The van der Waals surface area contributed by atoms with Crippen LogP contribution in [0.5, 0.6) is 0 Å². The minimum Gasteiger partial charge on any atom is -0.243 e. The molecule has 0 unspecified atom stereocenters. The molecule has 1 aromatic carbocycles. The van der Waals surface area contributed by atoms with Gasteiger partial charge in [0, 0.05) is 0 Å². The summed E-state index contributed by atoms with van der Waals surface area (Å²) in [6.45, 7) is 4.19. The molecule has 1 nitrogen and oxygen atoms in total. The lowest BCUT2D eigenvalue weighted by atomic mass is 10.2. The van der Waals surface area contributed by atoms with Gasteiger partial charge in [-0.1, -0.05) is 30.3 Å². The molecule has 1 rings (SSSR count). The van der Waals surface area contributed by atoms with Crippen LogP contribution in [0.3, 0.4) is 0 Å². The van der Waals surface area contributed by atoms with Crippen LogP contribution < -0.4 is 0 Å². The fourth-order valence-corrected chi connectivity index (χ4v) is 0.909. The maximum absolute atomic E-state index is 3.91.